The van der Waals surface area contributed by atoms with E-state index in [1.54, 1.807) is 0 Å². The van der Waals surface area contributed by atoms with Crippen LogP contribution in [0.2, 0.25) is 0 Å². The first-order valence-electron chi connectivity index (χ1n) is 6.94. The first-order chi connectivity index (χ1) is 9.75. The quantitative estimate of drug-likeness (QED) is 0.818. The Kier molecular flexibility index (Phi) is 5.44. The van der Waals surface area contributed by atoms with Crippen molar-refractivity contribution in [3.63, 3.8) is 0 Å². The van der Waals surface area contributed by atoms with Gasteiger partial charge in [0.1, 0.15) is 0 Å². The van der Waals surface area contributed by atoms with E-state index in [0.29, 0.717) is 0 Å². The largest absolute Gasteiger partial charge is 0.313 e. The molecule has 0 atom stereocenters. The van der Waals surface area contributed by atoms with Crippen molar-refractivity contribution in [2.75, 3.05) is 13.1 Å². The van der Waals surface area contributed by atoms with E-state index >= 15 is 0 Å². The predicted molar refractivity (Wildman–Crippen MR) is 83.4 cm³/mol. The summed E-state index contributed by atoms with van der Waals surface area (Å²) >= 11 is 0. The van der Waals surface area contributed by atoms with E-state index in [2.05, 4.69) is 46.5 Å². The highest BCUT2D eigenvalue weighted by Crippen LogP contribution is 2.09. The number of hydrogen-bond donors (Lipinski definition) is 1. The fraction of sp³-hybridized carbons (Fsp3) is 0.294. The Hall–Kier alpha value is -2.00. The summed E-state index contributed by atoms with van der Waals surface area (Å²) in [6, 6.07) is 8.19. The minimum Gasteiger partial charge on any atom is -0.313 e. The van der Waals surface area contributed by atoms with E-state index < -0.39 is 0 Å². The van der Waals surface area contributed by atoms with Crippen molar-refractivity contribution in [2.45, 2.75) is 20.3 Å². The predicted octanol–water partition coefficient (Wildman–Crippen LogP) is 3.02. The molecule has 0 saturated carbocycles. The Morgan fingerprint density at radius 1 is 1.20 bits per heavy atom. The van der Waals surface area contributed by atoms with Crippen LogP contribution in [-0.4, -0.2) is 23.1 Å². The Bertz CT molecular complexity index is 561. The molecule has 0 aliphatic rings. The number of rotatable bonds is 6. The van der Waals surface area contributed by atoms with Crippen LogP contribution in [0.25, 0.3) is 6.08 Å². The minimum absolute atomic E-state index is 0.902. The van der Waals surface area contributed by atoms with Gasteiger partial charge >= 0.3 is 0 Å². The molecule has 2 rings (SSSR count). The minimum atomic E-state index is 0.902. The van der Waals surface area contributed by atoms with Gasteiger partial charge in [0.2, 0.25) is 0 Å². The summed E-state index contributed by atoms with van der Waals surface area (Å²) < 4.78 is 0. The van der Waals surface area contributed by atoms with Gasteiger partial charge in [-0.05, 0) is 56.1 Å². The van der Waals surface area contributed by atoms with Gasteiger partial charge in [-0.3, -0.25) is 9.97 Å². The van der Waals surface area contributed by atoms with Crippen LogP contribution in [0.1, 0.15) is 23.7 Å². The third-order valence-electron chi connectivity index (χ3n) is 3.19. The number of nitrogens with zero attached hydrogens (tertiary/aromatic N) is 2. The van der Waals surface area contributed by atoms with Gasteiger partial charge in [-0.15, -0.1) is 0 Å². The Morgan fingerprint density at radius 3 is 2.75 bits per heavy atom. The molecule has 3 heteroatoms. The lowest BCUT2D eigenvalue weighted by Crippen LogP contribution is -2.19. The molecule has 0 fully saturated rings. The van der Waals surface area contributed by atoms with Gasteiger partial charge in [0.15, 0.2) is 0 Å². The molecule has 0 bridgehead atoms. The van der Waals surface area contributed by atoms with Crippen LogP contribution in [-0.2, 0) is 6.42 Å². The summed E-state index contributed by atoms with van der Waals surface area (Å²) in [6.45, 7) is 6.06. The van der Waals surface area contributed by atoms with Crippen LogP contribution in [0.5, 0.6) is 0 Å². The molecule has 0 aliphatic carbocycles. The van der Waals surface area contributed by atoms with Crippen LogP contribution < -0.4 is 5.32 Å². The molecule has 0 saturated heterocycles. The molecule has 0 unspecified atom stereocenters. The van der Waals surface area contributed by atoms with E-state index in [4.69, 9.17) is 0 Å². The molecule has 1 N–H and O–H groups in total. The zero-order chi connectivity index (χ0) is 14.2. The van der Waals surface area contributed by atoms with Gasteiger partial charge in [0.05, 0.1) is 0 Å². The van der Waals surface area contributed by atoms with Gasteiger partial charge in [0, 0.05) is 30.8 Å². The standard InChI is InChI=1S/C17H21N3/c1-14(12-17-4-3-8-20-15(17)2)13-19-11-7-16-5-9-18-10-6-16/h3-6,8-10,12,19H,7,11,13H2,1-2H3/b14-12+. The molecule has 20 heavy (non-hydrogen) atoms. The molecule has 2 aromatic heterocycles. The van der Waals surface area contributed by atoms with Crippen molar-refractivity contribution in [3.8, 4) is 0 Å². The number of nitrogens with one attached hydrogen (secondary N) is 1. The first kappa shape index (κ1) is 14.4. The topological polar surface area (TPSA) is 37.8 Å². The van der Waals surface area contributed by atoms with Crippen LogP contribution in [0.4, 0.5) is 0 Å². The smallest absolute Gasteiger partial charge is 0.0444 e. The third kappa shape index (κ3) is 4.59. The molecule has 3 nitrogen and oxygen atoms in total. The average molecular weight is 267 g/mol. The van der Waals surface area contributed by atoms with E-state index in [1.807, 2.05) is 31.6 Å². The van der Waals surface area contributed by atoms with Crippen molar-refractivity contribution in [3.05, 3.63) is 65.2 Å². The maximum Gasteiger partial charge on any atom is 0.0444 e. The lowest BCUT2D eigenvalue weighted by molar-refractivity contribution is 0.729. The number of hydrogen-bond acceptors (Lipinski definition) is 3. The fourth-order valence-corrected chi connectivity index (χ4v) is 2.03. The number of pyridine rings is 2. The Labute approximate surface area is 120 Å². The molecule has 2 heterocycles. The second-order valence-electron chi connectivity index (χ2n) is 4.95. The fourth-order valence-electron chi connectivity index (χ4n) is 2.03. The van der Waals surface area contributed by atoms with Crippen molar-refractivity contribution >= 4 is 6.08 Å². The molecule has 0 radical (unpaired) electrons. The summed E-state index contributed by atoms with van der Waals surface area (Å²) in [5, 5.41) is 3.46. The maximum atomic E-state index is 4.30. The SMILES string of the molecule is C/C(=C\c1cccnc1C)CNCCc1ccncc1. The highest BCUT2D eigenvalue weighted by molar-refractivity contribution is 5.54. The van der Waals surface area contributed by atoms with E-state index in [9.17, 15) is 0 Å². The highest BCUT2D eigenvalue weighted by Gasteiger charge is 1.96. The number of aryl methyl sites for hydroxylation is 1. The summed E-state index contributed by atoms with van der Waals surface area (Å²) in [6.07, 6.45) is 8.73. The second-order valence-corrected chi connectivity index (χ2v) is 4.95. The lowest BCUT2D eigenvalue weighted by Gasteiger charge is -2.06. The van der Waals surface area contributed by atoms with Gasteiger partial charge in [-0.1, -0.05) is 17.7 Å². The van der Waals surface area contributed by atoms with Gasteiger partial charge in [0.25, 0.3) is 0 Å². The zero-order valence-corrected chi connectivity index (χ0v) is 12.1. The van der Waals surface area contributed by atoms with E-state index in [0.717, 1.165) is 25.2 Å². The van der Waals surface area contributed by atoms with Crippen molar-refractivity contribution in [1.29, 1.82) is 0 Å². The molecule has 104 valence electrons. The van der Waals surface area contributed by atoms with Crippen LogP contribution in [0.15, 0.2) is 48.4 Å². The summed E-state index contributed by atoms with van der Waals surface area (Å²) in [7, 11) is 0. The molecule has 0 amide bonds. The Morgan fingerprint density at radius 2 is 2.00 bits per heavy atom. The maximum absolute atomic E-state index is 4.30. The average Bonchev–Trinajstić information content (AvgIpc) is 2.47. The van der Waals surface area contributed by atoms with Crippen molar-refractivity contribution in [2.24, 2.45) is 0 Å². The van der Waals surface area contributed by atoms with Crippen LogP contribution >= 0.6 is 0 Å². The van der Waals surface area contributed by atoms with Crippen LogP contribution in [0, 0.1) is 6.92 Å². The molecule has 0 aliphatic heterocycles. The summed E-state index contributed by atoms with van der Waals surface area (Å²) in [4.78, 5) is 8.32. The monoisotopic (exact) mass is 267 g/mol. The molecular formula is C17H21N3. The molecule has 0 spiro atoms. The van der Waals surface area contributed by atoms with E-state index in [-0.39, 0.29) is 0 Å². The normalized spacial score (nSPS) is 11.6. The first-order valence-corrected chi connectivity index (χ1v) is 6.94. The second kappa shape index (κ2) is 7.56. The van der Waals surface area contributed by atoms with Gasteiger partial charge in [-0.2, -0.15) is 0 Å². The summed E-state index contributed by atoms with van der Waals surface area (Å²) in [5.74, 6) is 0. The highest BCUT2D eigenvalue weighted by atomic mass is 14.8. The van der Waals surface area contributed by atoms with Gasteiger partial charge < -0.3 is 5.32 Å². The van der Waals surface area contributed by atoms with Crippen molar-refractivity contribution in [1.82, 2.24) is 15.3 Å². The Balaban J connectivity index is 1.78. The van der Waals surface area contributed by atoms with Crippen LogP contribution in [0.3, 0.4) is 0 Å². The van der Waals surface area contributed by atoms with Gasteiger partial charge in [-0.25, -0.2) is 0 Å². The molecule has 0 aromatic carbocycles. The zero-order valence-electron chi connectivity index (χ0n) is 12.1. The third-order valence-corrected chi connectivity index (χ3v) is 3.19. The van der Waals surface area contributed by atoms with E-state index in [1.165, 1.54) is 16.7 Å². The van der Waals surface area contributed by atoms with Crippen molar-refractivity contribution < 1.29 is 0 Å². The molecular weight excluding hydrogens is 246 g/mol. The molecule has 2 aromatic rings. The summed E-state index contributed by atoms with van der Waals surface area (Å²) in [5.41, 5.74) is 4.90. The number of aromatic nitrogens is 2. The lowest BCUT2D eigenvalue weighted by atomic mass is 10.1.